The van der Waals surface area contributed by atoms with Gasteiger partial charge in [-0.05, 0) is 25.0 Å². The molecule has 3 heterocycles. The first-order chi connectivity index (χ1) is 11.6. The fourth-order valence-corrected chi connectivity index (χ4v) is 2.53. The molecule has 0 aliphatic carbocycles. The minimum atomic E-state index is -0.427. The third-order valence-corrected chi connectivity index (χ3v) is 3.93. The van der Waals surface area contributed by atoms with Crippen molar-refractivity contribution in [2.24, 2.45) is 5.92 Å². The monoisotopic (exact) mass is 328 g/mol. The highest BCUT2D eigenvalue weighted by molar-refractivity contribution is 5.88. The van der Waals surface area contributed by atoms with Crippen molar-refractivity contribution in [3.05, 3.63) is 36.4 Å². The van der Waals surface area contributed by atoms with Crippen LogP contribution in [0.4, 0.5) is 16.7 Å². The van der Waals surface area contributed by atoms with E-state index < -0.39 is 6.09 Å². The molecule has 0 aromatic carbocycles. The van der Waals surface area contributed by atoms with Crippen molar-refractivity contribution in [2.45, 2.75) is 32.9 Å². The number of carbonyl (C=O) groups is 1. The molecule has 1 unspecified atom stereocenters. The van der Waals surface area contributed by atoms with E-state index in [4.69, 9.17) is 4.74 Å². The average molecular weight is 328 g/mol. The molecule has 1 aliphatic heterocycles. The summed E-state index contributed by atoms with van der Waals surface area (Å²) in [6.45, 7) is 6.37. The summed E-state index contributed by atoms with van der Waals surface area (Å²) < 4.78 is 5.14. The molecule has 8 heteroatoms. The highest BCUT2D eigenvalue weighted by Gasteiger charge is 2.38. The molecule has 1 N–H and O–H groups in total. The maximum atomic E-state index is 12.0. The van der Waals surface area contributed by atoms with Crippen molar-refractivity contribution in [2.75, 3.05) is 16.8 Å². The minimum absolute atomic E-state index is 0.0760. The van der Waals surface area contributed by atoms with Gasteiger partial charge in [-0.2, -0.15) is 4.98 Å². The lowest BCUT2D eigenvalue weighted by atomic mass is 10.1. The molecular weight excluding hydrogens is 308 g/mol. The van der Waals surface area contributed by atoms with E-state index in [2.05, 4.69) is 25.3 Å². The van der Waals surface area contributed by atoms with Gasteiger partial charge in [0.05, 0.1) is 17.8 Å². The molecule has 1 fully saturated rings. The molecule has 24 heavy (non-hydrogen) atoms. The Bertz CT molecular complexity index is 709. The van der Waals surface area contributed by atoms with Gasteiger partial charge >= 0.3 is 6.09 Å². The highest BCUT2D eigenvalue weighted by atomic mass is 16.6. The third kappa shape index (κ3) is 3.27. The molecule has 126 valence electrons. The van der Waals surface area contributed by atoms with Gasteiger partial charge in [0.25, 0.3) is 0 Å². The lowest BCUT2D eigenvalue weighted by Crippen LogP contribution is -2.38. The fourth-order valence-electron chi connectivity index (χ4n) is 2.53. The van der Waals surface area contributed by atoms with Crippen molar-refractivity contribution in [1.29, 1.82) is 0 Å². The predicted octanol–water partition coefficient (Wildman–Crippen LogP) is 2.42. The van der Waals surface area contributed by atoms with Gasteiger partial charge in [-0.15, -0.1) is 0 Å². The van der Waals surface area contributed by atoms with Crippen LogP contribution in [0.2, 0.25) is 0 Å². The second-order valence-corrected chi connectivity index (χ2v) is 5.99. The number of amides is 1. The molecule has 0 bridgehead atoms. The predicted molar refractivity (Wildman–Crippen MR) is 88.6 cm³/mol. The summed E-state index contributed by atoms with van der Waals surface area (Å²) >= 11 is 0. The molecule has 0 spiro atoms. The summed E-state index contributed by atoms with van der Waals surface area (Å²) in [6, 6.07) is 5.55. The van der Waals surface area contributed by atoms with E-state index in [0.717, 1.165) is 5.69 Å². The van der Waals surface area contributed by atoms with Crippen LogP contribution < -0.4 is 10.2 Å². The molecule has 2 atom stereocenters. The number of aromatic nitrogens is 4. The smallest absolute Gasteiger partial charge is 0.417 e. The minimum Gasteiger partial charge on any atom is -0.447 e. The number of hydrogen-bond donors (Lipinski definition) is 1. The van der Waals surface area contributed by atoms with Crippen molar-refractivity contribution >= 4 is 18.0 Å². The van der Waals surface area contributed by atoms with Gasteiger partial charge in [0.2, 0.25) is 11.9 Å². The average Bonchev–Trinajstić information content (AvgIpc) is 2.98. The molecule has 0 saturated carbocycles. The molecule has 2 aromatic rings. The first-order valence-corrected chi connectivity index (χ1v) is 7.88. The van der Waals surface area contributed by atoms with Gasteiger partial charge in [0.1, 0.15) is 12.9 Å². The molecular formula is C16H20N6O2. The van der Waals surface area contributed by atoms with Gasteiger partial charge in [-0.3, -0.25) is 4.98 Å². The van der Waals surface area contributed by atoms with Gasteiger partial charge in [-0.25, -0.2) is 19.7 Å². The van der Waals surface area contributed by atoms with Crippen LogP contribution in [-0.2, 0) is 4.74 Å². The van der Waals surface area contributed by atoms with Crippen molar-refractivity contribution < 1.29 is 9.53 Å². The number of pyridine rings is 1. The molecule has 1 amide bonds. The van der Waals surface area contributed by atoms with Gasteiger partial charge in [-0.1, -0.05) is 19.9 Å². The van der Waals surface area contributed by atoms with Crippen molar-refractivity contribution in [3.8, 4) is 0 Å². The number of carbonyl (C=O) groups excluding carboxylic acids is 1. The fraction of sp³-hybridized carbons (Fsp3) is 0.438. The van der Waals surface area contributed by atoms with Gasteiger partial charge in [0.15, 0.2) is 0 Å². The lowest BCUT2D eigenvalue weighted by Gasteiger charge is -2.22. The number of ether oxygens (including phenoxy) is 1. The topological polar surface area (TPSA) is 93.1 Å². The second kappa shape index (κ2) is 6.77. The number of hydrogen-bond acceptors (Lipinski definition) is 7. The summed E-state index contributed by atoms with van der Waals surface area (Å²) in [7, 11) is 0. The largest absolute Gasteiger partial charge is 0.447 e. The number of rotatable bonds is 5. The Morgan fingerprint density at radius 1 is 1.25 bits per heavy atom. The molecule has 3 rings (SSSR count). The summed E-state index contributed by atoms with van der Waals surface area (Å²) in [4.78, 5) is 30.4. The van der Waals surface area contributed by atoms with Crippen LogP contribution in [0.15, 0.2) is 30.7 Å². The van der Waals surface area contributed by atoms with E-state index >= 15 is 0 Å². The molecule has 1 saturated heterocycles. The van der Waals surface area contributed by atoms with Crippen LogP contribution in [0.5, 0.6) is 0 Å². The first-order valence-electron chi connectivity index (χ1n) is 7.88. The Morgan fingerprint density at radius 2 is 2.08 bits per heavy atom. The highest BCUT2D eigenvalue weighted by Crippen LogP contribution is 2.24. The third-order valence-electron chi connectivity index (χ3n) is 3.93. The van der Waals surface area contributed by atoms with Crippen LogP contribution in [0.25, 0.3) is 0 Å². The van der Waals surface area contributed by atoms with Crippen LogP contribution in [-0.4, -0.2) is 38.7 Å². The zero-order chi connectivity index (χ0) is 17.1. The Labute approximate surface area is 140 Å². The SMILES string of the molecule is CC(Nc1ncnc(N2C(=O)OC[C@@H]2C(C)C)n1)c1ccccn1. The quantitative estimate of drug-likeness (QED) is 0.901. The van der Waals surface area contributed by atoms with Crippen LogP contribution in [0.1, 0.15) is 32.5 Å². The summed E-state index contributed by atoms with van der Waals surface area (Å²) in [5.74, 6) is 0.916. The van der Waals surface area contributed by atoms with E-state index in [0.29, 0.717) is 18.5 Å². The summed E-state index contributed by atoms with van der Waals surface area (Å²) in [5, 5.41) is 3.18. The van der Waals surface area contributed by atoms with Crippen LogP contribution >= 0.6 is 0 Å². The van der Waals surface area contributed by atoms with Crippen molar-refractivity contribution in [3.63, 3.8) is 0 Å². The first kappa shape index (κ1) is 16.1. The maximum absolute atomic E-state index is 12.0. The number of nitrogens with zero attached hydrogens (tertiary/aromatic N) is 5. The second-order valence-electron chi connectivity index (χ2n) is 5.99. The zero-order valence-electron chi connectivity index (χ0n) is 13.9. The van der Waals surface area contributed by atoms with Gasteiger partial charge in [0, 0.05) is 6.20 Å². The normalized spacial score (nSPS) is 18.6. The Hall–Kier alpha value is -2.77. The van der Waals surface area contributed by atoms with E-state index in [1.54, 1.807) is 6.20 Å². The molecule has 8 nitrogen and oxygen atoms in total. The van der Waals surface area contributed by atoms with E-state index in [1.165, 1.54) is 11.2 Å². The van der Waals surface area contributed by atoms with Crippen molar-refractivity contribution in [1.82, 2.24) is 19.9 Å². The lowest BCUT2D eigenvalue weighted by molar-refractivity contribution is 0.177. The van der Waals surface area contributed by atoms with E-state index in [9.17, 15) is 4.79 Å². The Balaban J connectivity index is 1.80. The standard InChI is InChI=1S/C16H20N6O2/c1-10(2)13-8-24-16(23)22(13)15-19-9-18-14(21-15)20-11(3)12-6-4-5-7-17-12/h4-7,9-11,13H,8H2,1-3H3,(H,18,19,20,21)/t11?,13-/m1/s1. The van der Waals surface area contributed by atoms with E-state index in [-0.39, 0.29) is 18.0 Å². The summed E-state index contributed by atoms with van der Waals surface area (Å²) in [6.07, 6.45) is 2.70. The zero-order valence-corrected chi connectivity index (χ0v) is 13.9. The Morgan fingerprint density at radius 3 is 2.79 bits per heavy atom. The van der Waals surface area contributed by atoms with E-state index in [1.807, 2.05) is 39.0 Å². The number of anilines is 2. The summed E-state index contributed by atoms with van der Waals surface area (Å²) in [5.41, 5.74) is 0.875. The van der Waals surface area contributed by atoms with Crippen LogP contribution in [0.3, 0.4) is 0 Å². The van der Waals surface area contributed by atoms with Gasteiger partial charge < -0.3 is 10.1 Å². The maximum Gasteiger partial charge on any atom is 0.417 e. The number of nitrogens with one attached hydrogen (secondary N) is 1. The Kier molecular flexibility index (Phi) is 4.54. The number of cyclic esters (lactones) is 1. The molecule has 1 aliphatic rings. The molecule has 0 radical (unpaired) electrons. The molecule has 2 aromatic heterocycles. The van der Waals surface area contributed by atoms with Crippen LogP contribution in [0, 0.1) is 5.92 Å².